The van der Waals surface area contributed by atoms with Crippen LogP contribution in [0, 0.1) is 16.6 Å². The Morgan fingerprint density at radius 1 is 1.26 bits per heavy atom. The molecule has 2 saturated carbocycles. The summed E-state index contributed by atoms with van der Waals surface area (Å²) in [4.78, 5) is 3.35. The molecule has 19 heavy (non-hydrogen) atoms. The number of hydrogen-bond acceptors (Lipinski definition) is 2. The minimum absolute atomic E-state index is 0.620. The van der Waals surface area contributed by atoms with Crippen LogP contribution < -0.4 is 4.74 Å². The second-order valence-electron chi connectivity index (χ2n) is 5.85. The van der Waals surface area contributed by atoms with Gasteiger partial charge in [0.2, 0.25) is 0 Å². The van der Waals surface area contributed by atoms with Crippen molar-refractivity contribution in [2.24, 2.45) is 11.8 Å². The van der Waals surface area contributed by atoms with Crippen molar-refractivity contribution in [3.63, 3.8) is 0 Å². The number of H-pyrrole nitrogens is 1. The molecule has 2 aromatic rings. The molecule has 3 nitrogen and oxygen atoms in total. The lowest BCUT2D eigenvalue weighted by Gasteiger charge is -2.18. The highest BCUT2D eigenvalue weighted by Crippen LogP contribution is 2.52. The molecule has 2 aliphatic carbocycles. The first-order valence-electron chi connectivity index (χ1n) is 7.06. The quantitative estimate of drug-likeness (QED) is 0.852. The van der Waals surface area contributed by atoms with Crippen molar-refractivity contribution >= 4 is 23.3 Å². The SMILES string of the molecule is COc1ccc2c(c1)[nH]c(=S)n2C(C1CC1)C1CC1. The maximum Gasteiger partial charge on any atom is 0.178 e. The molecule has 1 aromatic heterocycles. The molecule has 1 heterocycles. The third kappa shape index (κ3) is 1.89. The monoisotopic (exact) mass is 274 g/mol. The van der Waals surface area contributed by atoms with Gasteiger partial charge in [0.15, 0.2) is 4.77 Å². The highest BCUT2D eigenvalue weighted by molar-refractivity contribution is 7.71. The van der Waals surface area contributed by atoms with E-state index in [1.807, 2.05) is 12.1 Å². The van der Waals surface area contributed by atoms with Crippen LogP contribution in [0.25, 0.3) is 11.0 Å². The third-order valence-electron chi connectivity index (χ3n) is 4.43. The minimum Gasteiger partial charge on any atom is -0.497 e. The molecule has 4 rings (SSSR count). The Morgan fingerprint density at radius 2 is 1.95 bits per heavy atom. The van der Waals surface area contributed by atoms with Crippen molar-refractivity contribution in [3.05, 3.63) is 23.0 Å². The van der Waals surface area contributed by atoms with E-state index in [0.29, 0.717) is 6.04 Å². The minimum atomic E-state index is 0.620. The van der Waals surface area contributed by atoms with E-state index in [0.717, 1.165) is 27.9 Å². The Kier molecular flexibility index (Phi) is 2.49. The molecule has 0 amide bonds. The van der Waals surface area contributed by atoms with Crippen LogP contribution in [-0.4, -0.2) is 16.7 Å². The molecule has 0 saturated heterocycles. The smallest absolute Gasteiger partial charge is 0.178 e. The van der Waals surface area contributed by atoms with Gasteiger partial charge in [-0.25, -0.2) is 0 Å². The van der Waals surface area contributed by atoms with Gasteiger partial charge in [-0.2, -0.15) is 0 Å². The molecule has 2 fully saturated rings. The number of aromatic nitrogens is 2. The number of fused-ring (bicyclic) bond motifs is 1. The Balaban J connectivity index is 1.88. The van der Waals surface area contributed by atoms with E-state index in [2.05, 4.69) is 15.6 Å². The van der Waals surface area contributed by atoms with E-state index in [1.54, 1.807) is 7.11 Å². The predicted octanol–water partition coefficient (Wildman–Crippen LogP) is 4.07. The van der Waals surface area contributed by atoms with Crippen molar-refractivity contribution in [2.45, 2.75) is 31.7 Å². The number of hydrogen-bond donors (Lipinski definition) is 1. The summed E-state index contributed by atoms with van der Waals surface area (Å²) in [6.07, 6.45) is 5.47. The molecular formula is C15H18N2OS. The molecule has 2 aliphatic rings. The third-order valence-corrected chi connectivity index (χ3v) is 4.73. The first kappa shape index (κ1) is 11.5. The predicted molar refractivity (Wildman–Crippen MR) is 78.2 cm³/mol. The largest absolute Gasteiger partial charge is 0.497 e. The van der Waals surface area contributed by atoms with Crippen LogP contribution in [-0.2, 0) is 0 Å². The van der Waals surface area contributed by atoms with Gasteiger partial charge in [-0.1, -0.05) is 0 Å². The number of nitrogens with zero attached hydrogens (tertiary/aromatic N) is 1. The fraction of sp³-hybridized carbons (Fsp3) is 0.533. The second kappa shape index (κ2) is 4.10. The maximum atomic E-state index is 5.57. The molecule has 0 spiro atoms. The van der Waals surface area contributed by atoms with Crippen LogP contribution in [0.4, 0.5) is 0 Å². The number of imidazole rings is 1. The summed E-state index contributed by atoms with van der Waals surface area (Å²) in [6, 6.07) is 6.82. The maximum absolute atomic E-state index is 5.57. The highest BCUT2D eigenvalue weighted by atomic mass is 32.1. The molecule has 1 aromatic carbocycles. The van der Waals surface area contributed by atoms with Gasteiger partial charge in [0.25, 0.3) is 0 Å². The standard InChI is InChI=1S/C15H18N2OS/c1-18-11-6-7-13-12(8-11)16-15(19)17(13)14(9-2-3-9)10-4-5-10/h6-10,14H,2-5H2,1H3,(H,16,19). The molecule has 4 heteroatoms. The van der Waals surface area contributed by atoms with Gasteiger partial charge in [-0.3, -0.25) is 0 Å². The number of ether oxygens (including phenoxy) is 1. The van der Waals surface area contributed by atoms with Crippen molar-refractivity contribution in [1.82, 2.24) is 9.55 Å². The lowest BCUT2D eigenvalue weighted by molar-refractivity contribution is 0.400. The van der Waals surface area contributed by atoms with Gasteiger partial charge in [-0.05, 0) is 61.9 Å². The average Bonchev–Trinajstić information content (AvgIpc) is 3.29. The van der Waals surface area contributed by atoms with Gasteiger partial charge in [0, 0.05) is 12.1 Å². The fourth-order valence-electron chi connectivity index (χ4n) is 3.22. The van der Waals surface area contributed by atoms with E-state index in [9.17, 15) is 0 Å². The Hall–Kier alpha value is -1.29. The lowest BCUT2D eigenvalue weighted by Crippen LogP contribution is -2.13. The van der Waals surface area contributed by atoms with E-state index in [1.165, 1.54) is 31.2 Å². The van der Waals surface area contributed by atoms with Gasteiger partial charge in [-0.15, -0.1) is 0 Å². The average molecular weight is 274 g/mol. The highest BCUT2D eigenvalue weighted by Gasteiger charge is 2.43. The number of rotatable bonds is 4. The van der Waals surface area contributed by atoms with Gasteiger partial charge in [0.05, 0.1) is 18.1 Å². The second-order valence-corrected chi connectivity index (χ2v) is 6.24. The molecule has 0 atom stereocenters. The summed E-state index contributed by atoms with van der Waals surface area (Å²) < 4.78 is 8.53. The molecule has 0 unspecified atom stereocenters. The lowest BCUT2D eigenvalue weighted by atomic mass is 10.1. The van der Waals surface area contributed by atoms with Crippen molar-refractivity contribution in [1.29, 1.82) is 0 Å². The van der Waals surface area contributed by atoms with E-state index in [-0.39, 0.29) is 0 Å². The number of methoxy groups -OCH3 is 1. The van der Waals surface area contributed by atoms with Crippen molar-refractivity contribution in [2.75, 3.05) is 7.11 Å². The van der Waals surface area contributed by atoms with Crippen LogP contribution in [0.15, 0.2) is 18.2 Å². The Labute approximate surface area is 117 Å². The normalized spacial score (nSPS) is 19.3. The summed E-state index contributed by atoms with van der Waals surface area (Å²) in [5.74, 6) is 2.57. The molecule has 0 radical (unpaired) electrons. The molecule has 0 bridgehead atoms. The fourth-order valence-corrected chi connectivity index (χ4v) is 3.55. The van der Waals surface area contributed by atoms with Crippen molar-refractivity contribution < 1.29 is 4.74 Å². The molecule has 100 valence electrons. The zero-order valence-corrected chi connectivity index (χ0v) is 11.9. The van der Waals surface area contributed by atoms with Gasteiger partial charge >= 0.3 is 0 Å². The summed E-state index contributed by atoms with van der Waals surface area (Å²) in [5, 5.41) is 0. The molecule has 0 aliphatic heterocycles. The summed E-state index contributed by atoms with van der Waals surface area (Å²) in [6.45, 7) is 0. The molecule has 1 N–H and O–H groups in total. The van der Waals surface area contributed by atoms with Crippen LogP contribution in [0.1, 0.15) is 31.7 Å². The van der Waals surface area contributed by atoms with Crippen molar-refractivity contribution in [3.8, 4) is 5.75 Å². The van der Waals surface area contributed by atoms with Gasteiger partial charge in [0.1, 0.15) is 5.75 Å². The summed E-state index contributed by atoms with van der Waals surface area (Å²) in [5.41, 5.74) is 2.32. The zero-order valence-electron chi connectivity index (χ0n) is 11.1. The van der Waals surface area contributed by atoms with E-state index in [4.69, 9.17) is 17.0 Å². The van der Waals surface area contributed by atoms with E-state index >= 15 is 0 Å². The van der Waals surface area contributed by atoms with Crippen LogP contribution >= 0.6 is 12.2 Å². The van der Waals surface area contributed by atoms with Crippen LogP contribution in [0.2, 0.25) is 0 Å². The summed E-state index contributed by atoms with van der Waals surface area (Å²) >= 11 is 5.57. The molecular weight excluding hydrogens is 256 g/mol. The van der Waals surface area contributed by atoms with Crippen LogP contribution in [0.3, 0.4) is 0 Å². The van der Waals surface area contributed by atoms with Crippen LogP contribution in [0.5, 0.6) is 5.75 Å². The number of benzene rings is 1. The first-order valence-corrected chi connectivity index (χ1v) is 7.47. The topological polar surface area (TPSA) is 29.9 Å². The summed E-state index contributed by atoms with van der Waals surface area (Å²) in [7, 11) is 1.70. The Bertz CT molecular complexity index is 667. The first-order chi connectivity index (χ1) is 9.28. The van der Waals surface area contributed by atoms with Gasteiger partial charge < -0.3 is 14.3 Å². The number of nitrogens with one attached hydrogen (secondary N) is 1. The zero-order chi connectivity index (χ0) is 13.0. The Morgan fingerprint density at radius 3 is 2.53 bits per heavy atom. The van der Waals surface area contributed by atoms with E-state index < -0.39 is 0 Å². The number of aromatic amines is 1.